The summed E-state index contributed by atoms with van der Waals surface area (Å²) in [7, 11) is 1.55. The summed E-state index contributed by atoms with van der Waals surface area (Å²) in [5.41, 5.74) is 7.35. The number of thioether (sulfide) groups is 1. The number of benzene rings is 4. The SMILES string of the molecule is COc1cc(C=C2SC(=Nc3cc(C)ccc3C)N(c3cc(C)ccc3C)C2=O)ccc1OCc1ccc([N+](=O)[O-])cc1. The van der Waals surface area contributed by atoms with Crippen molar-refractivity contribution in [2.75, 3.05) is 12.0 Å². The van der Waals surface area contributed by atoms with Gasteiger partial charge in [0.05, 0.1) is 28.3 Å². The van der Waals surface area contributed by atoms with Crippen molar-refractivity contribution in [1.29, 1.82) is 0 Å². The van der Waals surface area contributed by atoms with E-state index in [1.165, 1.54) is 23.9 Å². The molecular formula is C34H31N3O5S. The van der Waals surface area contributed by atoms with Gasteiger partial charge in [-0.25, -0.2) is 4.99 Å². The summed E-state index contributed by atoms with van der Waals surface area (Å²) < 4.78 is 11.5. The molecule has 0 N–H and O–H groups in total. The summed E-state index contributed by atoms with van der Waals surface area (Å²) in [6.07, 6.45) is 1.83. The largest absolute Gasteiger partial charge is 0.493 e. The van der Waals surface area contributed by atoms with Crippen LogP contribution in [-0.4, -0.2) is 23.1 Å². The Kier molecular flexibility index (Phi) is 8.63. The van der Waals surface area contributed by atoms with E-state index in [0.29, 0.717) is 21.6 Å². The zero-order chi connectivity index (χ0) is 30.7. The number of carbonyl (C=O) groups is 1. The minimum absolute atomic E-state index is 0.0244. The van der Waals surface area contributed by atoms with Crippen molar-refractivity contribution in [3.63, 3.8) is 0 Å². The Morgan fingerprint density at radius 1 is 0.884 bits per heavy atom. The topological polar surface area (TPSA) is 94.3 Å². The van der Waals surface area contributed by atoms with Crippen LogP contribution in [0.3, 0.4) is 0 Å². The number of amidine groups is 1. The molecule has 1 heterocycles. The third-order valence-corrected chi connectivity index (χ3v) is 7.99. The fourth-order valence-electron chi connectivity index (χ4n) is 4.58. The summed E-state index contributed by atoms with van der Waals surface area (Å²) in [6, 6.07) is 23.8. The number of nitro groups is 1. The zero-order valence-electron chi connectivity index (χ0n) is 24.6. The number of hydrogen-bond acceptors (Lipinski definition) is 7. The minimum atomic E-state index is -0.437. The van der Waals surface area contributed by atoms with Crippen LogP contribution in [0.2, 0.25) is 0 Å². The summed E-state index contributed by atoms with van der Waals surface area (Å²) in [6.45, 7) is 8.25. The van der Waals surface area contributed by atoms with Crippen LogP contribution in [0, 0.1) is 37.8 Å². The molecule has 218 valence electrons. The fraction of sp³-hybridized carbons (Fsp3) is 0.176. The molecule has 1 aliphatic heterocycles. The van der Waals surface area contributed by atoms with E-state index in [1.54, 1.807) is 30.2 Å². The van der Waals surface area contributed by atoms with Crippen molar-refractivity contribution in [1.82, 2.24) is 0 Å². The molecule has 0 radical (unpaired) electrons. The lowest BCUT2D eigenvalue weighted by molar-refractivity contribution is -0.384. The van der Waals surface area contributed by atoms with Gasteiger partial charge in [-0.3, -0.25) is 19.8 Å². The van der Waals surface area contributed by atoms with E-state index in [-0.39, 0.29) is 18.2 Å². The van der Waals surface area contributed by atoms with Crippen LogP contribution in [-0.2, 0) is 11.4 Å². The predicted octanol–water partition coefficient (Wildman–Crippen LogP) is 8.22. The maximum Gasteiger partial charge on any atom is 0.271 e. The second-order valence-electron chi connectivity index (χ2n) is 10.3. The van der Waals surface area contributed by atoms with Crippen LogP contribution < -0.4 is 14.4 Å². The van der Waals surface area contributed by atoms with E-state index in [2.05, 4.69) is 0 Å². The third kappa shape index (κ3) is 6.62. The number of anilines is 1. The molecule has 0 aliphatic carbocycles. The molecule has 9 heteroatoms. The van der Waals surface area contributed by atoms with Gasteiger partial charge in [-0.2, -0.15) is 0 Å². The highest BCUT2D eigenvalue weighted by Gasteiger charge is 2.35. The van der Waals surface area contributed by atoms with Gasteiger partial charge in [0.1, 0.15) is 6.61 Å². The molecule has 1 fully saturated rings. The first kappa shape index (κ1) is 29.6. The summed E-state index contributed by atoms with van der Waals surface area (Å²) in [4.78, 5) is 31.6. The Morgan fingerprint density at radius 3 is 2.28 bits per heavy atom. The molecule has 8 nitrogen and oxygen atoms in total. The van der Waals surface area contributed by atoms with E-state index in [1.807, 2.05) is 82.3 Å². The van der Waals surface area contributed by atoms with E-state index in [4.69, 9.17) is 14.5 Å². The van der Waals surface area contributed by atoms with Crippen molar-refractivity contribution in [2.24, 2.45) is 4.99 Å². The molecule has 5 rings (SSSR count). The van der Waals surface area contributed by atoms with E-state index in [9.17, 15) is 14.9 Å². The summed E-state index contributed by atoms with van der Waals surface area (Å²) in [5, 5.41) is 11.5. The molecule has 1 aliphatic rings. The number of aliphatic imine (C=N–C) groups is 1. The summed E-state index contributed by atoms with van der Waals surface area (Å²) >= 11 is 1.34. The molecule has 0 spiro atoms. The molecule has 0 unspecified atom stereocenters. The highest BCUT2D eigenvalue weighted by atomic mass is 32.2. The third-order valence-electron chi connectivity index (χ3n) is 7.02. The number of nitro benzene ring substituents is 1. The van der Waals surface area contributed by atoms with Gasteiger partial charge in [-0.1, -0.05) is 30.3 Å². The van der Waals surface area contributed by atoms with E-state index < -0.39 is 4.92 Å². The Labute approximate surface area is 254 Å². The van der Waals surface area contributed by atoms with Gasteiger partial charge >= 0.3 is 0 Å². The highest BCUT2D eigenvalue weighted by molar-refractivity contribution is 8.19. The predicted molar refractivity (Wildman–Crippen MR) is 172 cm³/mol. The lowest BCUT2D eigenvalue weighted by Crippen LogP contribution is -2.29. The molecule has 4 aromatic rings. The maximum atomic E-state index is 13.9. The van der Waals surface area contributed by atoms with Gasteiger partial charge < -0.3 is 9.47 Å². The first-order chi connectivity index (χ1) is 20.6. The molecule has 1 amide bonds. The van der Waals surface area contributed by atoms with Gasteiger partial charge in [-0.05, 0) is 115 Å². The van der Waals surface area contributed by atoms with Gasteiger partial charge in [0, 0.05) is 12.1 Å². The number of rotatable bonds is 8. The van der Waals surface area contributed by atoms with Crippen LogP contribution in [0.5, 0.6) is 11.5 Å². The molecule has 1 saturated heterocycles. The van der Waals surface area contributed by atoms with Gasteiger partial charge in [0.2, 0.25) is 0 Å². The molecule has 0 bridgehead atoms. The monoisotopic (exact) mass is 593 g/mol. The van der Waals surface area contributed by atoms with E-state index in [0.717, 1.165) is 44.8 Å². The first-order valence-corrected chi connectivity index (χ1v) is 14.5. The second kappa shape index (κ2) is 12.5. The van der Waals surface area contributed by atoms with Crippen molar-refractivity contribution in [3.8, 4) is 11.5 Å². The van der Waals surface area contributed by atoms with Crippen LogP contribution >= 0.6 is 11.8 Å². The number of amides is 1. The smallest absolute Gasteiger partial charge is 0.271 e. The average molecular weight is 594 g/mol. The lowest BCUT2D eigenvalue weighted by Gasteiger charge is -2.19. The second-order valence-corrected chi connectivity index (χ2v) is 11.4. The maximum absolute atomic E-state index is 13.9. The molecule has 0 aromatic heterocycles. The average Bonchev–Trinajstić information content (AvgIpc) is 3.29. The van der Waals surface area contributed by atoms with Crippen LogP contribution in [0.1, 0.15) is 33.4 Å². The number of ether oxygens (including phenoxy) is 2. The highest BCUT2D eigenvalue weighted by Crippen LogP contribution is 2.40. The Balaban J connectivity index is 1.46. The first-order valence-electron chi connectivity index (χ1n) is 13.6. The summed E-state index contributed by atoms with van der Waals surface area (Å²) in [5.74, 6) is 0.866. The van der Waals surface area contributed by atoms with Gasteiger partial charge in [0.25, 0.3) is 11.6 Å². The number of nitrogens with zero attached hydrogens (tertiary/aromatic N) is 3. The zero-order valence-corrected chi connectivity index (χ0v) is 25.4. The number of hydrogen-bond donors (Lipinski definition) is 0. The number of non-ortho nitro benzene ring substituents is 1. The molecular weight excluding hydrogens is 562 g/mol. The molecule has 0 saturated carbocycles. The number of aryl methyl sites for hydroxylation is 4. The number of carbonyl (C=O) groups excluding carboxylic acids is 1. The number of methoxy groups -OCH3 is 1. The normalized spacial score (nSPS) is 14.9. The van der Waals surface area contributed by atoms with Gasteiger partial charge in [-0.15, -0.1) is 0 Å². The van der Waals surface area contributed by atoms with Crippen molar-refractivity contribution < 1.29 is 19.2 Å². The van der Waals surface area contributed by atoms with Crippen molar-refractivity contribution in [3.05, 3.63) is 127 Å². The quantitative estimate of drug-likeness (QED) is 0.116. The van der Waals surface area contributed by atoms with Crippen LogP contribution in [0.25, 0.3) is 6.08 Å². The molecule has 43 heavy (non-hydrogen) atoms. The standard InChI is InChI=1S/C34H31N3O5S/c1-21-6-8-23(3)28(16-21)35-34-36(29-17-22(2)7-9-24(29)4)33(38)32(43-34)19-26-12-15-30(31(18-26)41-5)42-20-25-10-13-27(14-11-25)37(39)40/h6-19H,20H2,1-5H3. The van der Waals surface area contributed by atoms with Gasteiger partial charge in [0.15, 0.2) is 16.7 Å². The fourth-order valence-corrected chi connectivity index (χ4v) is 5.57. The Hall–Kier alpha value is -4.89. The van der Waals surface area contributed by atoms with Crippen molar-refractivity contribution in [2.45, 2.75) is 34.3 Å². The molecule has 4 aromatic carbocycles. The Bertz CT molecular complexity index is 1780. The van der Waals surface area contributed by atoms with Crippen LogP contribution in [0.4, 0.5) is 17.1 Å². The molecule has 0 atom stereocenters. The Morgan fingerprint density at radius 2 is 1.58 bits per heavy atom. The lowest BCUT2D eigenvalue weighted by atomic mass is 10.1. The minimum Gasteiger partial charge on any atom is -0.493 e. The van der Waals surface area contributed by atoms with E-state index >= 15 is 0 Å². The van der Waals surface area contributed by atoms with Crippen molar-refractivity contribution >= 4 is 46.0 Å². The van der Waals surface area contributed by atoms with Crippen LogP contribution in [0.15, 0.2) is 88.8 Å².